The van der Waals surface area contributed by atoms with Crippen molar-refractivity contribution in [1.29, 1.82) is 0 Å². The van der Waals surface area contributed by atoms with E-state index in [1.165, 1.54) is 18.2 Å². The summed E-state index contributed by atoms with van der Waals surface area (Å²) >= 11 is 5.92. The van der Waals surface area contributed by atoms with Crippen LogP contribution in [0, 0.1) is 15.9 Å². The van der Waals surface area contributed by atoms with Crippen LogP contribution >= 0.6 is 11.6 Å². The van der Waals surface area contributed by atoms with Gasteiger partial charge in [-0.25, -0.2) is 0 Å². The lowest BCUT2D eigenvalue weighted by atomic mass is 10.0. The molecule has 25 heavy (non-hydrogen) atoms. The van der Waals surface area contributed by atoms with E-state index in [0.29, 0.717) is 0 Å². The Bertz CT molecular complexity index is 844. The highest BCUT2D eigenvalue weighted by Gasteiger charge is 2.22. The van der Waals surface area contributed by atoms with E-state index in [2.05, 4.69) is 5.32 Å². The Kier molecular flexibility index (Phi) is 5.66. The van der Waals surface area contributed by atoms with E-state index in [1.807, 2.05) is 0 Å². The molecule has 0 saturated heterocycles. The van der Waals surface area contributed by atoms with Crippen LogP contribution in [0.2, 0.25) is 5.02 Å². The van der Waals surface area contributed by atoms with E-state index in [1.54, 1.807) is 12.1 Å². The van der Waals surface area contributed by atoms with E-state index < -0.39 is 34.3 Å². The van der Waals surface area contributed by atoms with Crippen LogP contribution in [-0.2, 0) is 11.2 Å². The van der Waals surface area contributed by atoms with Crippen LogP contribution in [0.15, 0.2) is 42.5 Å². The molecule has 130 valence electrons. The predicted molar refractivity (Wildman–Crippen MR) is 88.7 cm³/mol. The maximum atomic E-state index is 13.4. The van der Waals surface area contributed by atoms with Gasteiger partial charge in [-0.2, -0.15) is 4.39 Å². The van der Waals surface area contributed by atoms with Gasteiger partial charge in [0.15, 0.2) is 0 Å². The topological polar surface area (TPSA) is 115 Å². The van der Waals surface area contributed by atoms with Crippen molar-refractivity contribution in [2.24, 2.45) is 5.73 Å². The number of nitro benzene ring substituents is 1. The number of hydrogen-bond acceptors (Lipinski definition) is 4. The molecule has 2 amide bonds. The van der Waals surface area contributed by atoms with Gasteiger partial charge < -0.3 is 11.1 Å². The zero-order valence-electron chi connectivity index (χ0n) is 12.7. The van der Waals surface area contributed by atoms with Crippen LogP contribution in [0.4, 0.5) is 10.1 Å². The molecule has 0 bridgehead atoms. The fourth-order valence-electron chi connectivity index (χ4n) is 2.16. The number of primary amides is 1. The first-order chi connectivity index (χ1) is 11.8. The van der Waals surface area contributed by atoms with Crippen LogP contribution in [0.5, 0.6) is 0 Å². The Morgan fingerprint density at radius 3 is 2.56 bits per heavy atom. The fraction of sp³-hybridized carbons (Fsp3) is 0.125. The molecule has 0 spiro atoms. The smallest absolute Gasteiger partial charge is 0.305 e. The number of nitrogens with two attached hydrogens (primary N) is 1. The number of hydrogen-bond donors (Lipinski definition) is 2. The van der Waals surface area contributed by atoms with Crippen molar-refractivity contribution in [1.82, 2.24) is 5.32 Å². The van der Waals surface area contributed by atoms with Crippen molar-refractivity contribution in [3.05, 3.63) is 74.5 Å². The van der Waals surface area contributed by atoms with Crippen molar-refractivity contribution in [3.8, 4) is 0 Å². The number of benzene rings is 2. The summed E-state index contributed by atoms with van der Waals surface area (Å²) < 4.78 is 13.4. The minimum Gasteiger partial charge on any atom is -0.368 e. The molecular weight excluding hydrogens is 353 g/mol. The average Bonchev–Trinajstić information content (AvgIpc) is 2.55. The van der Waals surface area contributed by atoms with Crippen molar-refractivity contribution in [2.75, 3.05) is 0 Å². The number of carbonyl (C=O) groups excluding carboxylic acids is 2. The first kappa shape index (κ1) is 18.3. The third kappa shape index (κ3) is 4.51. The highest BCUT2D eigenvalue weighted by atomic mass is 35.5. The van der Waals surface area contributed by atoms with Gasteiger partial charge in [-0.05, 0) is 23.8 Å². The van der Waals surface area contributed by atoms with Crippen molar-refractivity contribution in [3.63, 3.8) is 0 Å². The lowest BCUT2D eigenvalue weighted by molar-refractivity contribution is -0.387. The van der Waals surface area contributed by atoms with Gasteiger partial charge in [-0.3, -0.25) is 19.7 Å². The lowest BCUT2D eigenvalue weighted by Gasteiger charge is -2.16. The molecule has 0 aliphatic rings. The predicted octanol–water partition coefficient (Wildman–Crippen LogP) is 2.21. The Morgan fingerprint density at radius 1 is 1.28 bits per heavy atom. The number of rotatable bonds is 6. The van der Waals surface area contributed by atoms with Gasteiger partial charge in [-0.1, -0.05) is 29.8 Å². The molecule has 0 fully saturated rings. The molecule has 0 radical (unpaired) electrons. The molecule has 9 heteroatoms. The first-order valence-corrected chi connectivity index (χ1v) is 7.45. The molecule has 0 saturated carbocycles. The zero-order chi connectivity index (χ0) is 18.6. The molecule has 2 aromatic rings. The molecule has 0 aliphatic carbocycles. The number of nitro groups is 1. The summed E-state index contributed by atoms with van der Waals surface area (Å²) in [6.45, 7) is 0. The number of halogens is 2. The summed E-state index contributed by atoms with van der Waals surface area (Å²) in [5.74, 6) is -2.46. The van der Waals surface area contributed by atoms with Crippen LogP contribution in [0.1, 0.15) is 15.9 Å². The molecule has 0 unspecified atom stereocenters. The highest BCUT2D eigenvalue weighted by molar-refractivity contribution is 6.33. The SMILES string of the molecule is NC(=O)[C@H](Cc1ccc(F)c([N+](=O)[O-])c1)NC(=O)c1ccccc1Cl. The van der Waals surface area contributed by atoms with E-state index >= 15 is 0 Å². The van der Waals surface area contributed by atoms with E-state index in [4.69, 9.17) is 17.3 Å². The quantitative estimate of drug-likeness (QED) is 0.603. The largest absolute Gasteiger partial charge is 0.368 e. The second kappa shape index (κ2) is 7.71. The van der Waals surface area contributed by atoms with Crippen LogP contribution in [0.3, 0.4) is 0 Å². The van der Waals surface area contributed by atoms with Gasteiger partial charge in [0.2, 0.25) is 11.7 Å². The maximum absolute atomic E-state index is 13.4. The Morgan fingerprint density at radius 2 is 1.96 bits per heavy atom. The standard InChI is InChI=1S/C16H13ClFN3O4/c17-11-4-2-1-3-10(11)16(23)20-13(15(19)22)7-9-5-6-12(18)14(8-9)21(24)25/h1-6,8,13H,7H2,(H2,19,22)(H,20,23)/t13-/m0/s1. The summed E-state index contributed by atoms with van der Waals surface area (Å²) in [4.78, 5) is 33.7. The van der Waals surface area contributed by atoms with Gasteiger partial charge in [0, 0.05) is 12.5 Å². The van der Waals surface area contributed by atoms with Crippen LogP contribution in [-0.4, -0.2) is 22.8 Å². The Balaban J connectivity index is 2.21. The minimum absolute atomic E-state index is 0.132. The normalized spacial score (nSPS) is 11.6. The van der Waals surface area contributed by atoms with Gasteiger partial charge in [0.05, 0.1) is 15.5 Å². The zero-order valence-corrected chi connectivity index (χ0v) is 13.5. The summed E-state index contributed by atoms with van der Waals surface area (Å²) in [6.07, 6.45) is -0.132. The molecular formula is C16H13ClFN3O4. The summed E-state index contributed by atoms with van der Waals surface area (Å²) in [7, 11) is 0. The molecule has 0 heterocycles. The third-order valence-corrected chi connectivity index (χ3v) is 3.74. The molecule has 7 nitrogen and oxygen atoms in total. The van der Waals surface area contributed by atoms with Gasteiger partial charge >= 0.3 is 5.69 Å². The molecule has 3 N–H and O–H groups in total. The first-order valence-electron chi connectivity index (χ1n) is 7.07. The number of nitrogens with one attached hydrogen (secondary N) is 1. The number of carbonyl (C=O) groups is 2. The molecule has 2 aromatic carbocycles. The molecule has 0 aromatic heterocycles. The van der Waals surface area contributed by atoms with Gasteiger partial charge in [-0.15, -0.1) is 0 Å². The average molecular weight is 366 g/mol. The number of nitrogens with zero attached hydrogens (tertiary/aromatic N) is 1. The fourth-order valence-corrected chi connectivity index (χ4v) is 2.39. The monoisotopic (exact) mass is 365 g/mol. The molecule has 0 aliphatic heterocycles. The van der Waals surface area contributed by atoms with Crippen molar-refractivity contribution in [2.45, 2.75) is 12.5 Å². The molecule has 2 rings (SSSR count). The third-order valence-electron chi connectivity index (χ3n) is 3.41. The van der Waals surface area contributed by atoms with Crippen LogP contribution < -0.4 is 11.1 Å². The number of amides is 2. The van der Waals surface area contributed by atoms with Crippen molar-refractivity contribution >= 4 is 29.1 Å². The van der Waals surface area contributed by atoms with Crippen LogP contribution in [0.25, 0.3) is 0 Å². The lowest BCUT2D eigenvalue weighted by Crippen LogP contribution is -2.45. The second-order valence-electron chi connectivity index (χ2n) is 5.16. The Hall–Kier alpha value is -3.00. The highest BCUT2D eigenvalue weighted by Crippen LogP contribution is 2.20. The second-order valence-corrected chi connectivity index (χ2v) is 5.56. The van der Waals surface area contributed by atoms with Crippen molar-refractivity contribution < 1.29 is 18.9 Å². The van der Waals surface area contributed by atoms with E-state index in [-0.39, 0.29) is 22.6 Å². The maximum Gasteiger partial charge on any atom is 0.305 e. The molecule has 1 atom stereocenters. The summed E-state index contributed by atoms with van der Waals surface area (Å²) in [5, 5.41) is 13.4. The Labute approximate surface area is 146 Å². The van der Waals surface area contributed by atoms with Gasteiger partial charge in [0.1, 0.15) is 6.04 Å². The van der Waals surface area contributed by atoms with Gasteiger partial charge in [0.25, 0.3) is 5.91 Å². The summed E-state index contributed by atoms with van der Waals surface area (Å²) in [5.41, 5.74) is 4.99. The minimum atomic E-state index is -1.14. The summed E-state index contributed by atoms with van der Waals surface area (Å²) in [6, 6.07) is 8.27. The van der Waals surface area contributed by atoms with E-state index in [9.17, 15) is 24.1 Å². The van der Waals surface area contributed by atoms with E-state index in [0.717, 1.165) is 12.1 Å².